The average molecular weight is 450 g/mol. The standard InChI is InChI=1S/C19H20BrN3O5/c1-12(2)8-9-28-17-7-6-14(20)11-16(17)19(25)22-21-18(24)13-4-3-5-15(10-13)23(26)27/h3-7,10-12H,8-9H2,1-2H3,(H,21,24)(H,22,25). The highest BCUT2D eigenvalue weighted by Gasteiger charge is 2.16. The van der Waals surface area contributed by atoms with Crippen LogP contribution in [0.25, 0.3) is 0 Å². The lowest BCUT2D eigenvalue weighted by atomic mass is 10.1. The Kier molecular flexibility index (Phi) is 7.51. The van der Waals surface area contributed by atoms with Gasteiger partial charge in [0.05, 0.1) is 17.1 Å². The molecule has 0 radical (unpaired) electrons. The Morgan fingerprint density at radius 1 is 1.14 bits per heavy atom. The van der Waals surface area contributed by atoms with Gasteiger partial charge in [-0.05, 0) is 36.6 Å². The maximum absolute atomic E-state index is 12.5. The molecule has 0 atom stereocenters. The number of non-ortho nitro benzene ring substituents is 1. The molecule has 2 rings (SSSR count). The first kappa shape index (κ1) is 21.4. The number of hydrogen-bond acceptors (Lipinski definition) is 5. The fraction of sp³-hybridized carbons (Fsp3) is 0.263. The van der Waals surface area contributed by atoms with E-state index in [0.717, 1.165) is 12.5 Å². The minimum absolute atomic E-state index is 0.0529. The highest BCUT2D eigenvalue weighted by atomic mass is 79.9. The Balaban J connectivity index is 2.06. The van der Waals surface area contributed by atoms with Crippen LogP contribution in [0.3, 0.4) is 0 Å². The summed E-state index contributed by atoms with van der Waals surface area (Å²) in [6.45, 7) is 4.60. The van der Waals surface area contributed by atoms with E-state index in [1.54, 1.807) is 18.2 Å². The van der Waals surface area contributed by atoms with Crippen LogP contribution in [-0.4, -0.2) is 23.3 Å². The molecule has 0 aliphatic carbocycles. The maximum Gasteiger partial charge on any atom is 0.273 e. The van der Waals surface area contributed by atoms with Crippen molar-refractivity contribution in [2.24, 2.45) is 5.92 Å². The monoisotopic (exact) mass is 449 g/mol. The lowest BCUT2D eigenvalue weighted by Gasteiger charge is -2.13. The summed E-state index contributed by atoms with van der Waals surface area (Å²) in [5, 5.41) is 10.8. The number of ether oxygens (including phenoxy) is 1. The van der Waals surface area contributed by atoms with E-state index in [2.05, 4.69) is 40.6 Å². The molecule has 0 aliphatic rings. The lowest BCUT2D eigenvalue weighted by Crippen LogP contribution is -2.41. The number of amides is 2. The first-order valence-corrected chi connectivity index (χ1v) is 9.34. The predicted octanol–water partition coefficient (Wildman–Crippen LogP) is 3.86. The van der Waals surface area contributed by atoms with E-state index >= 15 is 0 Å². The number of nitro benzene ring substituents is 1. The van der Waals surface area contributed by atoms with E-state index in [4.69, 9.17) is 4.74 Å². The molecule has 0 fully saturated rings. The zero-order valence-corrected chi connectivity index (χ0v) is 17.0. The second-order valence-electron chi connectivity index (χ2n) is 6.39. The van der Waals surface area contributed by atoms with Gasteiger partial charge in [-0.3, -0.25) is 30.6 Å². The summed E-state index contributed by atoms with van der Waals surface area (Å²) in [6.07, 6.45) is 0.834. The average Bonchev–Trinajstić information content (AvgIpc) is 2.66. The van der Waals surface area contributed by atoms with Crippen LogP contribution in [0.2, 0.25) is 0 Å². The van der Waals surface area contributed by atoms with Crippen LogP contribution in [-0.2, 0) is 0 Å². The Bertz CT molecular complexity index is 886. The summed E-state index contributed by atoms with van der Waals surface area (Å²) >= 11 is 3.31. The molecule has 0 aliphatic heterocycles. The van der Waals surface area contributed by atoms with Crippen molar-refractivity contribution in [2.75, 3.05) is 6.61 Å². The van der Waals surface area contributed by atoms with Gasteiger partial charge < -0.3 is 4.74 Å². The van der Waals surface area contributed by atoms with Crippen LogP contribution in [0.15, 0.2) is 46.9 Å². The molecule has 2 aromatic rings. The molecule has 0 saturated heterocycles. The molecular weight excluding hydrogens is 430 g/mol. The van der Waals surface area contributed by atoms with Crippen molar-refractivity contribution in [3.63, 3.8) is 0 Å². The fourth-order valence-corrected chi connectivity index (χ4v) is 2.58. The summed E-state index contributed by atoms with van der Waals surface area (Å²) < 4.78 is 6.37. The second-order valence-corrected chi connectivity index (χ2v) is 7.30. The number of benzene rings is 2. The Labute approximate surface area is 170 Å². The molecule has 0 heterocycles. The third-order valence-electron chi connectivity index (χ3n) is 3.75. The number of halogens is 1. The minimum atomic E-state index is -0.672. The van der Waals surface area contributed by atoms with Crippen LogP contribution in [0, 0.1) is 16.0 Å². The van der Waals surface area contributed by atoms with E-state index in [1.165, 1.54) is 18.2 Å². The number of hydrogen-bond donors (Lipinski definition) is 2. The molecule has 2 amide bonds. The Morgan fingerprint density at radius 3 is 2.54 bits per heavy atom. The maximum atomic E-state index is 12.5. The van der Waals surface area contributed by atoms with E-state index in [1.807, 2.05) is 0 Å². The summed E-state index contributed by atoms with van der Waals surface area (Å²) in [4.78, 5) is 34.9. The molecule has 0 spiro atoms. The minimum Gasteiger partial charge on any atom is -0.493 e. The molecular formula is C19H20BrN3O5. The Morgan fingerprint density at radius 2 is 1.86 bits per heavy atom. The molecule has 0 bridgehead atoms. The first-order chi connectivity index (χ1) is 13.3. The van der Waals surface area contributed by atoms with Crippen molar-refractivity contribution in [1.29, 1.82) is 0 Å². The number of nitrogens with zero attached hydrogens (tertiary/aromatic N) is 1. The zero-order valence-electron chi connectivity index (χ0n) is 15.4. The zero-order chi connectivity index (χ0) is 20.7. The normalized spacial score (nSPS) is 10.4. The van der Waals surface area contributed by atoms with Crippen molar-refractivity contribution < 1.29 is 19.2 Å². The van der Waals surface area contributed by atoms with Gasteiger partial charge in [0.15, 0.2) is 0 Å². The third kappa shape index (κ3) is 6.05. The quantitative estimate of drug-likeness (QED) is 0.492. The van der Waals surface area contributed by atoms with Crippen LogP contribution < -0.4 is 15.6 Å². The van der Waals surface area contributed by atoms with Gasteiger partial charge in [0, 0.05) is 22.2 Å². The van der Waals surface area contributed by atoms with Gasteiger partial charge in [-0.1, -0.05) is 35.8 Å². The number of carbonyl (C=O) groups excluding carboxylic acids is 2. The van der Waals surface area contributed by atoms with E-state index < -0.39 is 16.7 Å². The molecule has 8 nitrogen and oxygen atoms in total. The summed E-state index contributed by atoms with van der Waals surface area (Å²) in [5.41, 5.74) is 4.64. The van der Waals surface area contributed by atoms with Gasteiger partial charge in [0.2, 0.25) is 0 Å². The van der Waals surface area contributed by atoms with Crippen molar-refractivity contribution in [3.8, 4) is 5.75 Å². The number of hydrazine groups is 1. The number of nitro groups is 1. The molecule has 9 heteroatoms. The van der Waals surface area contributed by atoms with Gasteiger partial charge >= 0.3 is 0 Å². The molecule has 148 valence electrons. The summed E-state index contributed by atoms with van der Waals surface area (Å²) in [7, 11) is 0. The van der Waals surface area contributed by atoms with Crippen LogP contribution in [0.1, 0.15) is 41.0 Å². The first-order valence-electron chi connectivity index (χ1n) is 8.55. The van der Waals surface area contributed by atoms with Crippen molar-refractivity contribution in [1.82, 2.24) is 10.9 Å². The SMILES string of the molecule is CC(C)CCOc1ccc(Br)cc1C(=O)NNC(=O)c1cccc([N+](=O)[O-])c1. The van der Waals surface area contributed by atoms with Crippen LogP contribution >= 0.6 is 15.9 Å². The van der Waals surface area contributed by atoms with Gasteiger partial charge in [-0.25, -0.2) is 0 Å². The third-order valence-corrected chi connectivity index (χ3v) is 4.24. The van der Waals surface area contributed by atoms with Gasteiger partial charge in [-0.2, -0.15) is 0 Å². The number of carbonyl (C=O) groups is 2. The van der Waals surface area contributed by atoms with Gasteiger partial charge in [-0.15, -0.1) is 0 Å². The number of rotatable bonds is 7. The largest absolute Gasteiger partial charge is 0.493 e. The molecule has 0 aromatic heterocycles. The second kappa shape index (κ2) is 9.84. The van der Waals surface area contributed by atoms with Crippen LogP contribution in [0.4, 0.5) is 5.69 Å². The molecule has 0 saturated carbocycles. The Hall–Kier alpha value is -2.94. The van der Waals surface area contributed by atoms with E-state index in [-0.39, 0.29) is 16.8 Å². The smallest absolute Gasteiger partial charge is 0.273 e. The topological polar surface area (TPSA) is 111 Å². The highest BCUT2D eigenvalue weighted by molar-refractivity contribution is 9.10. The molecule has 28 heavy (non-hydrogen) atoms. The summed E-state index contributed by atoms with van der Waals surface area (Å²) in [6, 6.07) is 10.2. The van der Waals surface area contributed by atoms with Crippen molar-refractivity contribution in [2.45, 2.75) is 20.3 Å². The highest BCUT2D eigenvalue weighted by Crippen LogP contribution is 2.23. The van der Waals surface area contributed by atoms with E-state index in [9.17, 15) is 19.7 Å². The van der Waals surface area contributed by atoms with Crippen molar-refractivity contribution >= 4 is 33.4 Å². The number of nitrogens with one attached hydrogen (secondary N) is 2. The van der Waals surface area contributed by atoms with Gasteiger partial charge in [0.25, 0.3) is 17.5 Å². The lowest BCUT2D eigenvalue weighted by molar-refractivity contribution is -0.384. The molecule has 2 aromatic carbocycles. The van der Waals surface area contributed by atoms with Crippen molar-refractivity contribution in [3.05, 3.63) is 68.2 Å². The predicted molar refractivity (Wildman–Crippen MR) is 107 cm³/mol. The molecule has 0 unspecified atom stereocenters. The van der Waals surface area contributed by atoms with E-state index in [0.29, 0.717) is 22.7 Å². The van der Waals surface area contributed by atoms with Crippen LogP contribution in [0.5, 0.6) is 5.75 Å². The fourth-order valence-electron chi connectivity index (χ4n) is 2.22. The molecule has 2 N–H and O–H groups in total. The summed E-state index contributed by atoms with van der Waals surface area (Å²) in [5.74, 6) is -0.387. The van der Waals surface area contributed by atoms with Gasteiger partial charge in [0.1, 0.15) is 5.75 Å².